The second-order valence-corrected chi connectivity index (χ2v) is 4.63. The van der Waals surface area contributed by atoms with Crippen LogP contribution < -0.4 is 5.56 Å². The lowest BCUT2D eigenvalue weighted by atomic mass is 10.0. The van der Waals surface area contributed by atoms with Crippen molar-refractivity contribution in [2.75, 3.05) is 0 Å². The highest BCUT2D eigenvalue weighted by molar-refractivity contribution is 6.30. The average Bonchev–Trinajstić information content (AvgIpc) is 2.33. The summed E-state index contributed by atoms with van der Waals surface area (Å²) in [5.74, 6) is -2.27. The van der Waals surface area contributed by atoms with Gasteiger partial charge in [0, 0.05) is 11.9 Å². The number of pyridine rings is 1. The molecule has 0 aliphatic heterocycles. The Kier molecular flexibility index (Phi) is 4.91. The first kappa shape index (κ1) is 16.9. The molecule has 1 atom stereocenters. The Hall–Kier alpha value is -2.14. The maximum Gasteiger partial charge on any atom is 0.417 e. The van der Waals surface area contributed by atoms with Crippen LogP contribution in [0.4, 0.5) is 13.2 Å². The molecular formula is C12H9ClF3N3O2. The van der Waals surface area contributed by atoms with Crippen LogP contribution in [0.15, 0.2) is 17.1 Å². The van der Waals surface area contributed by atoms with Crippen molar-refractivity contribution in [1.82, 2.24) is 4.57 Å². The number of hydrogen-bond donors (Lipinski definition) is 1. The molecule has 1 aromatic heterocycles. The van der Waals surface area contributed by atoms with Crippen LogP contribution in [0, 0.1) is 22.7 Å². The summed E-state index contributed by atoms with van der Waals surface area (Å²) in [6.07, 6.45) is -4.27. The fraction of sp³-hybridized carbons (Fsp3) is 0.333. The number of halogens is 4. The van der Waals surface area contributed by atoms with E-state index < -0.39 is 40.6 Å². The lowest BCUT2D eigenvalue weighted by Gasteiger charge is -2.12. The summed E-state index contributed by atoms with van der Waals surface area (Å²) < 4.78 is 38.4. The van der Waals surface area contributed by atoms with Crippen molar-refractivity contribution in [3.05, 3.63) is 33.2 Å². The Balaban J connectivity index is 3.24. The quantitative estimate of drug-likeness (QED) is 0.864. The molecule has 9 heteroatoms. The molecule has 21 heavy (non-hydrogen) atoms. The first-order valence-electron chi connectivity index (χ1n) is 5.52. The monoisotopic (exact) mass is 319 g/mol. The maximum absolute atomic E-state index is 12.6. The summed E-state index contributed by atoms with van der Waals surface area (Å²) in [6.45, 7) is 0.449. The van der Waals surface area contributed by atoms with E-state index in [1.54, 1.807) is 6.07 Å². The minimum atomic E-state index is -4.73. The minimum absolute atomic E-state index is 0.256. The number of carbonyl (C=O) groups is 1. The van der Waals surface area contributed by atoms with Crippen LogP contribution in [-0.4, -0.2) is 16.1 Å². The van der Waals surface area contributed by atoms with Crippen LogP contribution in [0.1, 0.15) is 12.5 Å². The number of hydrogen-bond acceptors (Lipinski definition) is 4. The highest BCUT2D eigenvalue weighted by Crippen LogP contribution is 2.29. The van der Waals surface area contributed by atoms with E-state index in [4.69, 9.17) is 22.3 Å². The van der Waals surface area contributed by atoms with Crippen molar-refractivity contribution >= 4 is 23.1 Å². The Labute approximate surface area is 122 Å². The van der Waals surface area contributed by atoms with Gasteiger partial charge in [0.25, 0.3) is 5.56 Å². The van der Waals surface area contributed by atoms with Gasteiger partial charge in [-0.05, 0) is 13.0 Å². The molecule has 0 bridgehead atoms. The Morgan fingerprint density at radius 2 is 2.14 bits per heavy atom. The molecule has 0 aliphatic carbocycles. The molecule has 0 fully saturated rings. The topological polar surface area (TPSA) is 86.7 Å². The smallest absolute Gasteiger partial charge is 0.308 e. The molecule has 0 saturated carbocycles. The number of Topliss-reactive ketones (excluding diaryl/α,β-unsaturated/α-hetero) is 1. The predicted octanol–water partition coefficient (Wildman–Crippen LogP) is 2.27. The Morgan fingerprint density at radius 3 is 2.57 bits per heavy atom. The fourth-order valence-electron chi connectivity index (χ4n) is 1.54. The van der Waals surface area contributed by atoms with Gasteiger partial charge in [-0.15, -0.1) is 0 Å². The van der Waals surface area contributed by atoms with Crippen molar-refractivity contribution in [2.45, 2.75) is 19.6 Å². The Bertz CT molecular complexity index is 688. The van der Waals surface area contributed by atoms with E-state index in [9.17, 15) is 22.8 Å². The number of rotatable bonds is 4. The maximum atomic E-state index is 12.6. The summed E-state index contributed by atoms with van der Waals surface area (Å²) in [4.78, 5) is 23.4. The highest BCUT2D eigenvalue weighted by atomic mass is 35.5. The summed E-state index contributed by atoms with van der Waals surface area (Å²) in [6, 6.07) is 2.02. The average molecular weight is 320 g/mol. The molecule has 5 nitrogen and oxygen atoms in total. The number of alkyl halides is 3. The predicted molar refractivity (Wildman–Crippen MR) is 68.2 cm³/mol. The van der Waals surface area contributed by atoms with Gasteiger partial charge in [0.2, 0.25) is 0 Å². The lowest BCUT2D eigenvalue weighted by molar-refractivity contribution is -0.138. The van der Waals surface area contributed by atoms with Gasteiger partial charge in [-0.2, -0.15) is 18.4 Å². The normalized spacial score (nSPS) is 12.6. The van der Waals surface area contributed by atoms with Crippen molar-refractivity contribution in [3.8, 4) is 6.07 Å². The number of ketones is 1. The summed E-state index contributed by atoms with van der Waals surface area (Å²) in [5, 5.41) is 15.3. The SMILES string of the molecule is CC(=N)C(C#N)C(=O)Cn1cc(C(F)(F)F)cc(Cl)c1=O. The van der Waals surface area contributed by atoms with E-state index in [1.165, 1.54) is 6.92 Å². The molecule has 0 saturated heterocycles. The van der Waals surface area contributed by atoms with Crippen molar-refractivity contribution in [1.29, 1.82) is 10.7 Å². The molecule has 0 amide bonds. The number of nitriles is 1. The number of nitrogens with zero attached hydrogens (tertiary/aromatic N) is 2. The number of carbonyl (C=O) groups excluding carboxylic acids is 1. The van der Waals surface area contributed by atoms with E-state index in [1.807, 2.05) is 0 Å². The van der Waals surface area contributed by atoms with Crippen LogP contribution in [0.3, 0.4) is 0 Å². The molecule has 0 aliphatic rings. The fourth-order valence-corrected chi connectivity index (χ4v) is 1.77. The summed E-state index contributed by atoms with van der Waals surface area (Å²) in [5.41, 5.74) is -2.41. The van der Waals surface area contributed by atoms with Crippen LogP contribution in [-0.2, 0) is 17.5 Å². The first-order chi connectivity index (χ1) is 9.57. The minimum Gasteiger partial charge on any atom is -0.308 e. The second-order valence-electron chi connectivity index (χ2n) is 4.22. The van der Waals surface area contributed by atoms with Gasteiger partial charge < -0.3 is 9.98 Å². The molecule has 1 unspecified atom stereocenters. The molecule has 1 rings (SSSR count). The van der Waals surface area contributed by atoms with E-state index in [0.717, 1.165) is 0 Å². The largest absolute Gasteiger partial charge is 0.417 e. The van der Waals surface area contributed by atoms with E-state index in [-0.39, 0.29) is 5.71 Å². The number of nitrogens with one attached hydrogen (secondary N) is 1. The van der Waals surface area contributed by atoms with Gasteiger partial charge in [0.05, 0.1) is 18.2 Å². The zero-order valence-electron chi connectivity index (χ0n) is 10.7. The van der Waals surface area contributed by atoms with Crippen LogP contribution in [0.2, 0.25) is 5.02 Å². The molecule has 0 aromatic carbocycles. The van der Waals surface area contributed by atoms with Crippen LogP contribution in [0.25, 0.3) is 0 Å². The van der Waals surface area contributed by atoms with Crippen LogP contribution >= 0.6 is 11.6 Å². The van der Waals surface area contributed by atoms with Gasteiger partial charge in [0.1, 0.15) is 10.9 Å². The third-order valence-electron chi connectivity index (χ3n) is 2.58. The zero-order chi connectivity index (χ0) is 16.4. The second kappa shape index (κ2) is 6.10. The highest BCUT2D eigenvalue weighted by Gasteiger charge is 2.32. The van der Waals surface area contributed by atoms with Crippen molar-refractivity contribution < 1.29 is 18.0 Å². The summed E-state index contributed by atoms with van der Waals surface area (Å²) >= 11 is 5.43. The van der Waals surface area contributed by atoms with E-state index in [2.05, 4.69) is 0 Å². The molecule has 0 spiro atoms. The van der Waals surface area contributed by atoms with Gasteiger partial charge in [0.15, 0.2) is 5.78 Å². The lowest BCUT2D eigenvalue weighted by Crippen LogP contribution is -2.30. The third kappa shape index (κ3) is 3.92. The molecule has 1 N–H and O–H groups in total. The number of aromatic nitrogens is 1. The van der Waals surface area contributed by atoms with Gasteiger partial charge >= 0.3 is 6.18 Å². The van der Waals surface area contributed by atoms with Crippen LogP contribution in [0.5, 0.6) is 0 Å². The zero-order valence-corrected chi connectivity index (χ0v) is 11.4. The molecule has 1 heterocycles. The van der Waals surface area contributed by atoms with E-state index in [0.29, 0.717) is 16.8 Å². The first-order valence-corrected chi connectivity index (χ1v) is 5.90. The molecular weight excluding hydrogens is 311 g/mol. The van der Waals surface area contributed by atoms with Crippen molar-refractivity contribution in [2.24, 2.45) is 5.92 Å². The third-order valence-corrected chi connectivity index (χ3v) is 2.85. The van der Waals surface area contributed by atoms with Gasteiger partial charge in [-0.25, -0.2) is 0 Å². The molecule has 1 aromatic rings. The van der Waals surface area contributed by atoms with Crippen molar-refractivity contribution in [3.63, 3.8) is 0 Å². The summed E-state index contributed by atoms with van der Waals surface area (Å²) in [7, 11) is 0. The van der Waals surface area contributed by atoms with E-state index >= 15 is 0 Å². The van der Waals surface area contributed by atoms with Gasteiger partial charge in [-0.3, -0.25) is 9.59 Å². The Morgan fingerprint density at radius 1 is 1.57 bits per heavy atom. The molecule has 0 radical (unpaired) electrons. The molecule has 112 valence electrons. The van der Waals surface area contributed by atoms with Gasteiger partial charge in [-0.1, -0.05) is 11.6 Å². The standard InChI is InChI=1S/C12H9ClF3N3O2/c1-6(18)8(3-17)10(20)5-19-4-7(12(14,15)16)2-9(13)11(19)21/h2,4,8,18H,5H2,1H3.